The summed E-state index contributed by atoms with van der Waals surface area (Å²) < 4.78 is 1.64. The van der Waals surface area contributed by atoms with Crippen LogP contribution in [0, 0.1) is 0 Å². The average molecular weight is 337 g/mol. The fraction of sp³-hybridized carbons (Fsp3) is 0.333. The van der Waals surface area contributed by atoms with Gasteiger partial charge in [0.15, 0.2) is 0 Å². The zero-order chi connectivity index (χ0) is 17.6. The van der Waals surface area contributed by atoms with Crippen LogP contribution >= 0.6 is 0 Å². The Hall–Kier alpha value is -2.80. The highest BCUT2D eigenvalue weighted by atomic mass is 16.3. The lowest BCUT2D eigenvalue weighted by molar-refractivity contribution is 0.0853. The maximum Gasteiger partial charge on any atom is 0.270 e. The van der Waals surface area contributed by atoms with Gasteiger partial charge in [-0.1, -0.05) is 38.1 Å². The van der Waals surface area contributed by atoms with Crippen molar-refractivity contribution in [3.63, 3.8) is 0 Å². The van der Waals surface area contributed by atoms with Crippen LogP contribution in [0.2, 0.25) is 0 Å². The molecule has 0 spiro atoms. The third kappa shape index (κ3) is 2.66. The SMILES string of the molecule is CC(C)c1cc(C(=O)N[C@@H]2c3ccccc3C[C@@H]2O)nc2ncnn12. The van der Waals surface area contributed by atoms with E-state index in [1.165, 1.54) is 6.33 Å². The second-order valence-electron chi connectivity index (χ2n) is 6.61. The number of aliphatic hydroxyl groups is 1. The minimum absolute atomic E-state index is 0.163. The summed E-state index contributed by atoms with van der Waals surface area (Å²) in [5, 5.41) is 17.4. The second-order valence-corrected chi connectivity index (χ2v) is 6.61. The minimum Gasteiger partial charge on any atom is -0.390 e. The number of aliphatic hydroxyl groups excluding tert-OH is 1. The topological polar surface area (TPSA) is 92.4 Å². The minimum atomic E-state index is -0.636. The summed E-state index contributed by atoms with van der Waals surface area (Å²) in [4.78, 5) is 21.2. The van der Waals surface area contributed by atoms with Gasteiger partial charge in [0, 0.05) is 6.42 Å². The normalized spacial score (nSPS) is 19.4. The van der Waals surface area contributed by atoms with E-state index >= 15 is 0 Å². The van der Waals surface area contributed by atoms with Gasteiger partial charge in [0.05, 0.1) is 17.8 Å². The first-order valence-corrected chi connectivity index (χ1v) is 8.32. The smallest absolute Gasteiger partial charge is 0.270 e. The number of fused-ring (bicyclic) bond motifs is 2. The van der Waals surface area contributed by atoms with E-state index in [-0.39, 0.29) is 17.5 Å². The highest BCUT2D eigenvalue weighted by molar-refractivity contribution is 5.93. The number of carbonyl (C=O) groups is 1. The van der Waals surface area contributed by atoms with Gasteiger partial charge >= 0.3 is 0 Å². The molecule has 1 aliphatic rings. The Kier molecular flexibility index (Phi) is 3.73. The van der Waals surface area contributed by atoms with Crippen LogP contribution in [0.3, 0.4) is 0 Å². The van der Waals surface area contributed by atoms with Gasteiger partial charge in [0.1, 0.15) is 12.0 Å². The number of aromatic nitrogens is 4. The summed E-state index contributed by atoms with van der Waals surface area (Å²) in [6.07, 6.45) is 1.32. The van der Waals surface area contributed by atoms with Crippen molar-refractivity contribution in [1.29, 1.82) is 0 Å². The van der Waals surface area contributed by atoms with E-state index in [4.69, 9.17) is 0 Å². The van der Waals surface area contributed by atoms with Gasteiger partial charge in [-0.05, 0) is 23.1 Å². The van der Waals surface area contributed by atoms with Crippen molar-refractivity contribution in [3.05, 3.63) is 59.2 Å². The van der Waals surface area contributed by atoms with E-state index in [1.54, 1.807) is 10.6 Å². The van der Waals surface area contributed by atoms with Crippen molar-refractivity contribution in [2.24, 2.45) is 0 Å². The lowest BCUT2D eigenvalue weighted by Gasteiger charge is -2.18. The van der Waals surface area contributed by atoms with Crippen LogP contribution in [0.25, 0.3) is 5.78 Å². The van der Waals surface area contributed by atoms with Crippen molar-refractivity contribution in [3.8, 4) is 0 Å². The molecule has 0 radical (unpaired) electrons. The number of rotatable bonds is 3. The zero-order valence-electron chi connectivity index (χ0n) is 14.0. The van der Waals surface area contributed by atoms with Crippen LogP contribution in [0.4, 0.5) is 0 Å². The van der Waals surface area contributed by atoms with Gasteiger partial charge in [-0.15, -0.1) is 0 Å². The predicted molar refractivity (Wildman–Crippen MR) is 91.2 cm³/mol. The molecule has 0 saturated carbocycles. The summed E-state index contributed by atoms with van der Waals surface area (Å²) in [7, 11) is 0. The highest BCUT2D eigenvalue weighted by Gasteiger charge is 2.32. The first kappa shape index (κ1) is 15.7. The first-order chi connectivity index (χ1) is 12.0. The number of amides is 1. The molecule has 2 heterocycles. The summed E-state index contributed by atoms with van der Waals surface area (Å²) >= 11 is 0. The summed E-state index contributed by atoms with van der Waals surface area (Å²) in [6, 6.07) is 9.06. The lowest BCUT2D eigenvalue weighted by atomic mass is 10.1. The monoisotopic (exact) mass is 337 g/mol. The van der Waals surface area contributed by atoms with Gasteiger partial charge in [-0.2, -0.15) is 10.1 Å². The molecule has 4 rings (SSSR count). The lowest BCUT2D eigenvalue weighted by Crippen LogP contribution is -2.34. The van der Waals surface area contributed by atoms with E-state index in [0.29, 0.717) is 12.2 Å². The predicted octanol–water partition coefficient (Wildman–Crippen LogP) is 1.64. The number of carbonyl (C=O) groups excluding carboxylic acids is 1. The molecule has 7 heteroatoms. The molecule has 25 heavy (non-hydrogen) atoms. The molecule has 2 atom stereocenters. The molecule has 0 unspecified atom stereocenters. The molecule has 1 aromatic carbocycles. The number of nitrogens with one attached hydrogen (secondary N) is 1. The largest absolute Gasteiger partial charge is 0.390 e. The van der Waals surface area contributed by atoms with E-state index in [2.05, 4.69) is 20.4 Å². The molecular formula is C18H19N5O2. The molecule has 2 aromatic heterocycles. The van der Waals surface area contributed by atoms with Crippen molar-refractivity contribution in [2.45, 2.75) is 38.3 Å². The van der Waals surface area contributed by atoms with Crippen LogP contribution in [0.5, 0.6) is 0 Å². The van der Waals surface area contributed by atoms with Gasteiger partial charge < -0.3 is 10.4 Å². The fourth-order valence-corrected chi connectivity index (χ4v) is 3.33. The van der Waals surface area contributed by atoms with Crippen LogP contribution in [-0.4, -0.2) is 36.7 Å². The van der Waals surface area contributed by atoms with Gasteiger partial charge in [-0.25, -0.2) is 9.50 Å². The van der Waals surface area contributed by atoms with Crippen LogP contribution < -0.4 is 5.32 Å². The third-order valence-corrected chi connectivity index (χ3v) is 4.59. The maximum absolute atomic E-state index is 12.8. The molecule has 0 fully saturated rings. The third-order valence-electron chi connectivity index (χ3n) is 4.59. The van der Waals surface area contributed by atoms with Gasteiger partial charge in [0.2, 0.25) is 0 Å². The van der Waals surface area contributed by atoms with Crippen molar-refractivity contribution >= 4 is 11.7 Å². The van der Waals surface area contributed by atoms with Gasteiger partial charge in [-0.3, -0.25) is 4.79 Å². The molecule has 0 saturated heterocycles. The number of hydrogen-bond donors (Lipinski definition) is 2. The Balaban J connectivity index is 1.67. The molecule has 3 aromatic rings. The Bertz CT molecular complexity index is 950. The van der Waals surface area contributed by atoms with Crippen LogP contribution in [0.1, 0.15) is 53.1 Å². The zero-order valence-corrected chi connectivity index (χ0v) is 14.0. The molecular weight excluding hydrogens is 318 g/mol. The average Bonchev–Trinajstić information content (AvgIpc) is 3.18. The number of benzene rings is 1. The fourth-order valence-electron chi connectivity index (χ4n) is 3.33. The Labute approximate surface area is 144 Å². The van der Waals surface area contributed by atoms with Crippen molar-refractivity contribution in [1.82, 2.24) is 24.9 Å². The molecule has 1 aliphatic carbocycles. The van der Waals surface area contributed by atoms with Crippen LogP contribution in [-0.2, 0) is 6.42 Å². The Morgan fingerprint density at radius 2 is 2.16 bits per heavy atom. The van der Waals surface area contributed by atoms with Crippen molar-refractivity contribution < 1.29 is 9.90 Å². The Morgan fingerprint density at radius 1 is 1.36 bits per heavy atom. The first-order valence-electron chi connectivity index (χ1n) is 8.32. The van der Waals surface area contributed by atoms with Crippen LogP contribution in [0.15, 0.2) is 36.7 Å². The molecule has 0 bridgehead atoms. The summed E-state index contributed by atoms with van der Waals surface area (Å²) in [5.41, 5.74) is 3.15. The second kappa shape index (κ2) is 5.93. The van der Waals surface area contributed by atoms with E-state index < -0.39 is 12.1 Å². The van der Waals surface area contributed by atoms with E-state index in [9.17, 15) is 9.90 Å². The van der Waals surface area contributed by atoms with Crippen molar-refractivity contribution in [2.75, 3.05) is 0 Å². The molecule has 1 amide bonds. The summed E-state index contributed by atoms with van der Waals surface area (Å²) in [5.74, 6) is 0.230. The molecule has 7 nitrogen and oxygen atoms in total. The maximum atomic E-state index is 12.8. The number of nitrogens with zero attached hydrogens (tertiary/aromatic N) is 4. The van der Waals surface area contributed by atoms with E-state index in [0.717, 1.165) is 16.8 Å². The van der Waals surface area contributed by atoms with E-state index in [1.807, 2.05) is 38.1 Å². The standard InChI is InChI=1S/C18H19N5O2/c1-10(2)14-8-13(21-18-19-9-20-23(14)18)17(25)22-16-12-6-4-3-5-11(12)7-15(16)24/h3-6,8-10,15-16,24H,7H2,1-2H3,(H,22,25)/t15-,16+/m0/s1. The number of hydrogen-bond acceptors (Lipinski definition) is 5. The molecule has 128 valence electrons. The quantitative estimate of drug-likeness (QED) is 0.758. The molecule has 2 N–H and O–H groups in total. The summed E-state index contributed by atoms with van der Waals surface area (Å²) in [6.45, 7) is 4.05. The highest BCUT2D eigenvalue weighted by Crippen LogP contribution is 2.31. The van der Waals surface area contributed by atoms with Gasteiger partial charge in [0.25, 0.3) is 11.7 Å². The Morgan fingerprint density at radius 3 is 2.96 bits per heavy atom. The molecule has 0 aliphatic heterocycles.